The molecule has 0 aliphatic heterocycles. The molecule has 24 heavy (non-hydrogen) atoms. The van der Waals surface area contributed by atoms with Crippen molar-refractivity contribution in [2.24, 2.45) is 0 Å². The largest absolute Gasteiger partial charge is 0.378 e. The number of nitrogens with zero attached hydrogens (tertiary/aromatic N) is 2. The molecular formula is C19H24N4O. The molecule has 0 atom stereocenters. The number of carbonyl (C=O) groups excluding carboxylic acids is 1. The third-order valence-corrected chi connectivity index (χ3v) is 4.36. The Bertz CT molecular complexity index is 691. The van der Waals surface area contributed by atoms with Crippen LogP contribution in [0.5, 0.6) is 0 Å². The molecule has 1 fully saturated rings. The molecule has 0 bridgehead atoms. The topological polar surface area (TPSA) is 57.3 Å². The Morgan fingerprint density at radius 3 is 2.46 bits per heavy atom. The number of carbonyl (C=O) groups is 1. The Balaban J connectivity index is 1.67. The van der Waals surface area contributed by atoms with Crippen LogP contribution in [-0.2, 0) is 0 Å². The van der Waals surface area contributed by atoms with Gasteiger partial charge >= 0.3 is 0 Å². The number of anilines is 3. The van der Waals surface area contributed by atoms with E-state index in [4.69, 9.17) is 0 Å². The summed E-state index contributed by atoms with van der Waals surface area (Å²) in [5, 5.41) is 6.39. The number of hydrogen-bond acceptors (Lipinski definition) is 4. The number of amides is 1. The molecule has 0 radical (unpaired) electrons. The number of hydrogen-bond donors (Lipinski definition) is 2. The van der Waals surface area contributed by atoms with Gasteiger partial charge < -0.3 is 15.5 Å². The number of aromatic nitrogens is 1. The first kappa shape index (κ1) is 16.3. The lowest BCUT2D eigenvalue weighted by Crippen LogP contribution is -2.32. The molecule has 1 amide bonds. The van der Waals surface area contributed by atoms with Crippen molar-refractivity contribution >= 4 is 23.0 Å². The highest BCUT2D eigenvalue weighted by molar-refractivity contribution is 5.95. The summed E-state index contributed by atoms with van der Waals surface area (Å²) in [5.74, 6) is -0.0407. The lowest BCUT2D eigenvalue weighted by Gasteiger charge is -2.14. The van der Waals surface area contributed by atoms with Crippen molar-refractivity contribution < 1.29 is 4.79 Å². The Kier molecular flexibility index (Phi) is 4.99. The van der Waals surface area contributed by atoms with Gasteiger partial charge in [0.25, 0.3) is 5.91 Å². The Morgan fingerprint density at radius 2 is 1.79 bits per heavy atom. The molecule has 1 aliphatic carbocycles. The first-order valence-electron chi connectivity index (χ1n) is 8.42. The summed E-state index contributed by atoms with van der Waals surface area (Å²) in [4.78, 5) is 18.6. The van der Waals surface area contributed by atoms with Crippen LogP contribution in [0.25, 0.3) is 0 Å². The molecule has 1 aromatic carbocycles. The van der Waals surface area contributed by atoms with Gasteiger partial charge in [-0.25, -0.2) is 0 Å². The second kappa shape index (κ2) is 7.34. The van der Waals surface area contributed by atoms with Crippen LogP contribution in [0.2, 0.25) is 0 Å². The summed E-state index contributed by atoms with van der Waals surface area (Å²) in [6, 6.07) is 10.3. The van der Waals surface area contributed by atoms with E-state index in [0.29, 0.717) is 11.6 Å². The predicted octanol–water partition coefficient (Wildman–Crippen LogP) is 3.56. The van der Waals surface area contributed by atoms with Crippen LogP contribution in [0.3, 0.4) is 0 Å². The van der Waals surface area contributed by atoms with Gasteiger partial charge in [-0.15, -0.1) is 0 Å². The van der Waals surface area contributed by atoms with Crippen LogP contribution >= 0.6 is 0 Å². The van der Waals surface area contributed by atoms with Crippen LogP contribution in [0.1, 0.15) is 36.0 Å². The third kappa shape index (κ3) is 4.04. The van der Waals surface area contributed by atoms with Gasteiger partial charge in [0.05, 0.1) is 17.4 Å². The van der Waals surface area contributed by atoms with Gasteiger partial charge in [0, 0.05) is 37.7 Å². The van der Waals surface area contributed by atoms with E-state index < -0.39 is 0 Å². The van der Waals surface area contributed by atoms with Gasteiger partial charge in [-0.2, -0.15) is 0 Å². The average Bonchev–Trinajstić information content (AvgIpc) is 3.08. The predicted molar refractivity (Wildman–Crippen MR) is 98.0 cm³/mol. The number of benzene rings is 1. The zero-order valence-corrected chi connectivity index (χ0v) is 14.2. The van der Waals surface area contributed by atoms with E-state index in [1.165, 1.54) is 12.8 Å². The van der Waals surface area contributed by atoms with E-state index in [1.807, 2.05) is 44.4 Å². The summed E-state index contributed by atoms with van der Waals surface area (Å²) >= 11 is 0. The summed E-state index contributed by atoms with van der Waals surface area (Å²) in [6.07, 6.45) is 7.91. The summed E-state index contributed by atoms with van der Waals surface area (Å²) in [5.41, 5.74) is 3.52. The lowest BCUT2D eigenvalue weighted by molar-refractivity contribution is 0.0937. The summed E-state index contributed by atoms with van der Waals surface area (Å²) in [7, 11) is 4.03. The van der Waals surface area contributed by atoms with E-state index in [9.17, 15) is 4.79 Å². The summed E-state index contributed by atoms with van der Waals surface area (Å²) in [6.45, 7) is 0. The SMILES string of the molecule is CN(C)c1ccc(Nc2cncc(C(=O)NC3CCCC3)c2)cc1. The molecule has 3 rings (SSSR count). The van der Waals surface area contributed by atoms with Crippen molar-refractivity contribution in [3.63, 3.8) is 0 Å². The van der Waals surface area contributed by atoms with Gasteiger partial charge in [-0.05, 0) is 43.2 Å². The molecule has 2 aromatic rings. The van der Waals surface area contributed by atoms with E-state index in [0.717, 1.165) is 29.9 Å². The lowest BCUT2D eigenvalue weighted by atomic mass is 10.2. The number of rotatable bonds is 5. The first-order chi connectivity index (χ1) is 11.6. The van der Waals surface area contributed by atoms with Gasteiger partial charge in [-0.1, -0.05) is 12.8 Å². The second-order valence-electron chi connectivity index (χ2n) is 6.48. The molecule has 0 spiro atoms. The quantitative estimate of drug-likeness (QED) is 0.883. The minimum atomic E-state index is -0.0407. The van der Waals surface area contributed by atoms with Gasteiger partial charge in [-0.3, -0.25) is 9.78 Å². The third-order valence-electron chi connectivity index (χ3n) is 4.36. The van der Waals surface area contributed by atoms with Gasteiger partial charge in [0.2, 0.25) is 0 Å². The van der Waals surface area contributed by atoms with E-state index >= 15 is 0 Å². The molecule has 5 nitrogen and oxygen atoms in total. The average molecular weight is 324 g/mol. The highest BCUT2D eigenvalue weighted by Gasteiger charge is 2.18. The van der Waals surface area contributed by atoms with Crippen molar-refractivity contribution in [3.8, 4) is 0 Å². The van der Waals surface area contributed by atoms with E-state index in [1.54, 1.807) is 12.4 Å². The Labute approximate surface area is 143 Å². The van der Waals surface area contributed by atoms with Crippen molar-refractivity contribution in [3.05, 3.63) is 48.3 Å². The highest BCUT2D eigenvalue weighted by Crippen LogP contribution is 2.21. The van der Waals surface area contributed by atoms with Crippen LogP contribution in [0.15, 0.2) is 42.7 Å². The molecule has 5 heteroatoms. The van der Waals surface area contributed by atoms with Crippen molar-refractivity contribution in [2.45, 2.75) is 31.7 Å². The van der Waals surface area contributed by atoms with Crippen LogP contribution in [-0.4, -0.2) is 31.0 Å². The molecular weight excluding hydrogens is 300 g/mol. The molecule has 1 heterocycles. The maximum absolute atomic E-state index is 12.3. The fraction of sp³-hybridized carbons (Fsp3) is 0.368. The molecule has 1 aliphatic rings. The molecule has 2 N–H and O–H groups in total. The van der Waals surface area contributed by atoms with Crippen LogP contribution in [0, 0.1) is 0 Å². The first-order valence-corrected chi connectivity index (χ1v) is 8.42. The second-order valence-corrected chi connectivity index (χ2v) is 6.48. The maximum Gasteiger partial charge on any atom is 0.253 e. The standard InChI is InChI=1S/C19H24N4O/c1-23(2)18-9-7-16(8-10-18)21-17-11-14(12-20-13-17)19(24)22-15-5-3-4-6-15/h7-13,15,21H,3-6H2,1-2H3,(H,22,24). The van der Waals surface area contributed by atoms with E-state index in [-0.39, 0.29) is 5.91 Å². The molecule has 1 aromatic heterocycles. The van der Waals surface area contributed by atoms with Crippen molar-refractivity contribution in [2.75, 3.05) is 24.3 Å². The highest BCUT2D eigenvalue weighted by atomic mass is 16.1. The minimum Gasteiger partial charge on any atom is -0.378 e. The molecule has 0 unspecified atom stereocenters. The smallest absolute Gasteiger partial charge is 0.253 e. The number of nitrogens with one attached hydrogen (secondary N) is 2. The van der Waals surface area contributed by atoms with Gasteiger partial charge in [0.15, 0.2) is 0 Å². The number of pyridine rings is 1. The van der Waals surface area contributed by atoms with Crippen molar-refractivity contribution in [1.82, 2.24) is 10.3 Å². The monoisotopic (exact) mass is 324 g/mol. The summed E-state index contributed by atoms with van der Waals surface area (Å²) < 4.78 is 0. The van der Waals surface area contributed by atoms with Crippen LogP contribution < -0.4 is 15.5 Å². The Morgan fingerprint density at radius 1 is 1.08 bits per heavy atom. The van der Waals surface area contributed by atoms with Crippen LogP contribution in [0.4, 0.5) is 17.1 Å². The normalized spacial score (nSPS) is 14.4. The zero-order chi connectivity index (χ0) is 16.9. The fourth-order valence-corrected chi connectivity index (χ4v) is 2.98. The van der Waals surface area contributed by atoms with E-state index in [2.05, 4.69) is 20.5 Å². The maximum atomic E-state index is 12.3. The zero-order valence-electron chi connectivity index (χ0n) is 14.2. The Hall–Kier alpha value is -2.56. The minimum absolute atomic E-state index is 0.0407. The molecule has 0 saturated heterocycles. The van der Waals surface area contributed by atoms with Gasteiger partial charge in [0.1, 0.15) is 0 Å². The molecule has 1 saturated carbocycles. The van der Waals surface area contributed by atoms with Crippen molar-refractivity contribution in [1.29, 1.82) is 0 Å². The molecule has 126 valence electrons. The fourth-order valence-electron chi connectivity index (χ4n) is 2.98.